The minimum Gasteiger partial charge on any atom is -0.382 e. The first-order valence-electron chi connectivity index (χ1n) is 4.49. The molecule has 2 N–H and O–H groups in total. The van der Waals surface area contributed by atoms with Crippen LogP contribution in [-0.2, 0) is 0 Å². The van der Waals surface area contributed by atoms with Crippen LogP contribution in [0.3, 0.4) is 0 Å². The molecular formula is C11H7ClN4. The van der Waals surface area contributed by atoms with Crippen LogP contribution in [-0.4, -0.2) is 9.97 Å². The van der Waals surface area contributed by atoms with E-state index in [1.807, 2.05) is 6.07 Å². The van der Waals surface area contributed by atoms with Crippen molar-refractivity contribution in [2.75, 3.05) is 5.73 Å². The molecule has 0 radical (unpaired) electrons. The van der Waals surface area contributed by atoms with Crippen molar-refractivity contribution in [1.82, 2.24) is 9.97 Å². The lowest BCUT2D eigenvalue weighted by Crippen LogP contribution is -1.99. The van der Waals surface area contributed by atoms with E-state index in [1.165, 1.54) is 6.33 Å². The Balaban J connectivity index is 2.61. The third kappa shape index (κ3) is 1.81. The van der Waals surface area contributed by atoms with Crippen molar-refractivity contribution in [2.45, 2.75) is 0 Å². The highest BCUT2D eigenvalue weighted by atomic mass is 35.5. The maximum Gasteiger partial charge on any atom is 0.145 e. The molecule has 0 fully saturated rings. The number of hydrogen-bond donors (Lipinski definition) is 1. The van der Waals surface area contributed by atoms with Gasteiger partial charge in [-0.1, -0.05) is 23.7 Å². The number of nitrogens with zero attached hydrogens (tertiary/aromatic N) is 3. The molecule has 1 aromatic carbocycles. The second-order valence-corrected chi connectivity index (χ2v) is 3.54. The normalized spacial score (nSPS) is 9.75. The van der Waals surface area contributed by atoms with Crippen LogP contribution in [0.1, 0.15) is 5.56 Å². The van der Waals surface area contributed by atoms with Gasteiger partial charge in [-0.25, -0.2) is 9.97 Å². The Labute approximate surface area is 97.3 Å². The van der Waals surface area contributed by atoms with Gasteiger partial charge >= 0.3 is 0 Å². The van der Waals surface area contributed by atoms with Gasteiger partial charge < -0.3 is 5.73 Å². The summed E-state index contributed by atoms with van der Waals surface area (Å²) in [5.74, 6) is 0.183. The van der Waals surface area contributed by atoms with Crippen molar-refractivity contribution in [3.05, 3.63) is 41.2 Å². The summed E-state index contributed by atoms with van der Waals surface area (Å²) in [4.78, 5) is 7.83. The maximum absolute atomic E-state index is 8.98. The largest absolute Gasteiger partial charge is 0.382 e. The summed E-state index contributed by atoms with van der Waals surface area (Å²) in [5.41, 5.74) is 7.19. The molecule has 1 heterocycles. The van der Waals surface area contributed by atoms with Gasteiger partial charge in [-0.3, -0.25) is 0 Å². The Bertz CT molecular complexity index is 557. The van der Waals surface area contributed by atoms with Crippen molar-refractivity contribution >= 4 is 17.4 Å². The monoisotopic (exact) mass is 230 g/mol. The molecule has 0 bridgehead atoms. The van der Waals surface area contributed by atoms with Gasteiger partial charge in [0.15, 0.2) is 0 Å². The zero-order valence-electron chi connectivity index (χ0n) is 8.18. The standard InChI is InChI=1S/C11H7ClN4/c12-8-3-1-7(2-4-8)10-9(5-13)11(14)16-6-15-10/h1-4,6H,(H2,14,15,16). The Morgan fingerprint density at radius 3 is 2.50 bits per heavy atom. The Morgan fingerprint density at radius 2 is 1.88 bits per heavy atom. The Kier molecular flexibility index (Phi) is 2.71. The predicted molar refractivity (Wildman–Crippen MR) is 61.6 cm³/mol. The van der Waals surface area contributed by atoms with Crippen molar-refractivity contribution in [3.8, 4) is 17.3 Å². The number of anilines is 1. The molecule has 4 nitrogen and oxygen atoms in total. The molecule has 0 atom stereocenters. The van der Waals surface area contributed by atoms with E-state index in [0.29, 0.717) is 10.7 Å². The molecule has 2 rings (SSSR count). The Hall–Kier alpha value is -2.12. The molecule has 0 saturated carbocycles. The molecule has 2 aromatic rings. The van der Waals surface area contributed by atoms with Gasteiger partial charge in [-0.2, -0.15) is 5.26 Å². The molecule has 0 aliphatic carbocycles. The van der Waals surface area contributed by atoms with Crippen molar-refractivity contribution in [2.24, 2.45) is 0 Å². The Morgan fingerprint density at radius 1 is 1.19 bits per heavy atom. The van der Waals surface area contributed by atoms with Crippen LogP contribution in [0.25, 0.3) is 11.3 Å². The fraction of sp³-hybridized carbons (Fsp3) is 0. The molecule has 0 unspecified atom stereocenters. The van der Waals surface area contributed by atoms with Gasteiger partial charge in [0.2, 0.25) is 0 Å². The summed E-state index contributed by atoms with van der Waals surface area (Å²) in [6.45, 7) is 0. The second-order valence-electron chi connectivity index (χ2n) is 3.10. The number of aromatic nitrogens is 2. The molecule has 1 aromatic heterocycles. The van der Waals surface area contributed by atoms with Gasteiger partial charge in [0, 0.05) is 10.6 Å². The number of hydrogen-bond acceptors (Lipinski definition) is 4. The van der Waals surface area contributed by atoms with E-state index in [-0.39, 0.29) is 11.4 Å². The maximum atomic E-state index is 8.98. The van der Waals surface area contributed by atoms with Crippen LogP contribution in [0.15, 0.2) is 30.6 Å². The van der Waals surface area contributed by atoms with E-state index in [2.05, 4.69) is 9.97 Å². The lowest BCUT2D eigenvalue weighted by molar-refractivity contribution is 1.17. The number of halogens is 1. The quantitative estimate of drug-likeness (QED) is 0.815. The van der Waals surface area contributed by atoms with Gasteiger partial charge in [0.05, 0.1) is 5.69 Å². The summed E-state index contributed by atoms with van der Waals surface area (Å²) in [7, 11) is 0. The summed E-state index contributed by atoms with van der Waals surface area (Å²) in [6, 6.07) is 9.02. The van der Waals surface area contributed by atoms with Crippen LogP contribution in [0.2, 0.25) is 5.02 Å². The highest BCUT2D eigenvalue weighted by molar-refractivity contribution is 6.30. The van der Waals surface area contributed by atoms with Crippen LogP contribution < -0.4 is 5.73 Å². The minimum atomic E-state index is 0.183. The van der Waals surface area contributed by atoms with Crippen LogP contribution in [0.4, 0.5) is 5.82 Å². The van der Waals surface area contributed by atoms with Crippen LogP contribution >= 0.6 is 11.6 Å². The second kappa shape index (κ2) is 4.17. The zero-order chi connectivity index (χ0) is 11.5. The lowest BCUT2D eigenvalue weighted by atomic mass is 10.1. The SMILES string of the molecule is N#Cc1c(N)ncnc1-c1ccc(Cl)cc1. The van der Waals surface area contributed by atoms with E-state index in [1.54, 1.807) is 24.3 Å². The first kappa shape index (κ1) is 10.4. The predicted octanol–water partition coefficient (Wildman–Crippen LogP) is 2.25. The third-order valence-electron chi connectivity index (χ3n) is 2.11. The summed E-state index contributed by atoms with van der Waals surface area (Å²) < 4.78 is 0. The number of benzene rings is 1. The van der Waals surface area contributed by atoms with Crippen LogP contribution in [0.5, 0.6) is 0 Å². The summed E-state index contributed by atoms with van der Waals surface area (Å²) in [5, 5.41) is 9.61. The molecule has 0 aliphatic heterocycles. The molecule has 5 heteroatoms. The third-order valence-corrected chi connectivity index (χ3v) is 2.36. The highest BCUT2D eigenvalue weighted by Gasteiger charge is 2.10. The molecule has 0 saturated heterocycles. The summed E-state index contributed by atoms with van der Waals surface area (Å²) in [6.07, 6.45) is 1.33. The highest BCUT2D eigenvalue weighted by Crippen LogP contribution is 2.24. The fourth-order valence-corrected chi connectivity index (χ4v) is 1.46. The van der Waals surface area contributed by atoms with Gasteiger partial charge in [-0.05, 0) is 12.1 Å². The topological polar surface area (TPSA) is 75.6 Å². The number of rotatable bonds is 1. The molecule has 0 aliphatic rings. The smallest absolute Gasteiger partial charge is 0.145 e. The molecule has 0 amide bonds. The van der Waals surface area contributed by atoms with Gasteiger partial charge in [-0.15, -0.1) is 0 Å². The number of nitriles is 1. The van der Waals surface area contributed by atoms with Crippen molar-refractivity contribution < 1.29 is 0 Å². The fourth-order valence-electron chi connectivity index (χ4n) is 1.34. The van der Waals surface area contributed by atoms with E-state index in [9.17, 15) is 0 Å². The average Bonchev–Trinajstić information content (AvgIpc) is 2.30. The summed E-state index contributed by atoms with van der Waals surface area (Å²) >= 11 is 5.78. The first-order chi connectivity index (χ1) is 7.72. The van der Waals surface area contributed by atoms with Crippen molar-refractivity contribution in [3.63, 3.8) is 0 Å². The number of nitrogens with two attached hydrogens (primary N) is 1. The van der Waals surface area contributed by atoms with E-state index in [4.69, 9.17) is 22.6 Å². The van der Waals surface area contributed by atoms with E-state index >= 15 is 0 Å². The van der Waals surface area contributed by atoms with Crippen LogP contribution in [0, 0.1) is 11.3 Å². The van der Waals surface area contributed by atoms with E-state index in [0.717, 1.165) is 5.56 Å². The van der Waals surface area contributed by atoms with Gasteiger partial charge in [0.25, 0.3) is 0 Å². The molecular weight excluding hydrogens is 224 g/mol. The molecule has 0 spiro atoms. The first-order valence-corrected chi connectivity index (χ1v) is 4.86. The van der Waals surface area contributed by atoms with E-state index < -0.39 is 0 Å². The van der Waals surface area contributed by atoms with Gasteiger partial charge in [0.1, 0.15) is 23.8 Å². The number of nitrogen functional groups attached to an aromatic ring is 1. The minimum absolute atomic E-state index is 0.183. The zero-order valence-corrected chi connectivity index (χ0v) is 8.94. The van der Waals surface area contributed by atoms with Crippen molar-refractivity contribution in [1.29, 1.82) is 5.26 Å². The lowest BCUT2D eigenvalue weighted by Gasteiger charge is -2.04. The average molecular weight is 231 g/mol. The molecule has 78 valence electrons. The molecule has 16 heavy (non-hydrogen) atoms.